The summed E-state index contributed by atoms with van der Waals surface area (Å²) in [5.74, 6) is -0.171. The van der Waals surface area contributed by atoms with Crippen LogP contribution in [0, 0.1) is 0 Å². The standard InChI is InChI=1S/C23H17BrCl2N2O4/c1-14(31-18-8-5-16(24)6-9-18)22(29)28-27-13-15-3-2-4-19(11-15)32-23(30)20-10-7-17(25)12-21(20)26/h2-14H,1H3,(H,28,29)/b27-13-/t14-/m1/s1. The Morgan fingerprint density at radius 2 is 1.78 bits per heavy atom. The summed E-state index contributed by atoms with van der Waals surface area (Å²) in [6, 6.07) is 18.3. The summed E-state index contributed by atoms with van der Waals surface area (Å²) in [7, 11) is 0. The van der Waals surface area contributed by atoms with Crippen molar-refractivity contribution in [2.24, 2.45) is 5.10 Å². The zero-order chi connectivity index (χ0) is 23.1. The summed E-state index contributed by atoms with van der Waals surface area (Å²) in [4.78, 5) is 24.5. The minimum absolute atomic E-state index is 0.196. The maximum Gasteiger partial charge on any atom is 0.345 e. The molecule has 3 rings (SSSR count). The minimum Gasteiger partial charge on any atom is -0.481 e. The van der Waals surface area contributed by atoms with Crippen LogP contribution in [0.25, 0.3) is 0 Å². The molecule has 0 fully saturated rings. The third-order valence-corrected chi connectivity index (χ3v) is 5.18. The molecule has 1 amide bonds. The van der Waals surface area contributed by atoms with Crippen LogP contribution in [-0.4, -0.2) is 24.2 Å². The van der Waals surface area contributed by atoms with Crippen molar-refractivity contribution < 1.29 is 19.1 Å². The van der Waals surface area contributed by atoms with Gasteiger partial charge in [0, 0.05) is 9.50 Å². The molecule has 0 aliphatic carbocycles. The SMILES string of the molecule is C[C@@H](Oc1ccc(Br)cc1)C(=O)N/N=C\c1cccc(OC(=O)c2ccc(Cl)cc2Cl)c1. The van der Waals surface area contributed by atoms with Crippen LogP contribution in [0.1, 0.15) is 22.8 Å². The Kier molecular flexibility index (Phi) is 8.27. The lowest BCUT2D eigenvalue weighted by Gasteiger charge is -2.12. The molecule has 0 radical (unpaired) electrons. The van der Waals surface area contributed by atoms with Crippen LogP contribution in [0.4, 0.5) is 0 Å². The van der Waals surface area contributed by atoms with Crippen LogP contribution in [0.5, 0.6) is 11.5 Å². The Hall–Kier alpha value is -2.87. The van der Waals surface area contributed by atoms with E-state index in [4.69, 9.17) is 32.7 Å². The number of ether oxygens (including phenoxy) is 2. The van der Waals surface area contributed by atoms with Gasteiger partial charge in [-0.1, -0.05) is 51.3 Å². The van der Waals surface area contributed by atoms with Gasteiger partial charge in [0.15, 0.2) is 6.10 Å². The second kappa shape index (κ2) is 11.1. The first-order valence-corrected chi connectivity index (χ1v) is 10.9. The largest absolute Gasteiger partial charge is 0.481 e. The number of nitrogens with zero attached hydrogens (tertiary/aromatic N) is 1. The highest BCUT2D eigenvalue weighted by Crippen LogP contribution is 2.23. The summed E-state index contributed by atoms with van der Waals surface area (Å²) >= 11 is 15.2. The predicted molar refractivity (Wildman–Crippen MR) is 128 cm³/mol. The maximum atomic E-state index is 12.3. The highest BCUT2D eigenvalue weighted by atomic mass is 79.9. The van der Waals surface area contributed by atoms with E-state index in [1.165, 1.54) is 18.3 Å². The van der Waals surface area contributed by atoms with Crippen LogP contribution in [-0.2, 0) is 4.79 Å². The first kappa shape index (κ1) is 23.8. The fourth-order valence-electron chi connectivity index (χ4n) is 2.51. The smallest absolute Gasteiger partial charge is 0.345 e. The van der Waals surface area contributed by atoms with Crippen molar-refractivity contribution >= 4 is 57.2 Å². The molecule has 0 aliphatic rings. The number of hydrazone groups is 1. The van der Waals surface area contributed by atoms with E-state index in [0.29, 0.717) is 22.1 Å². The molecule has 0 bridgehead atoms. The number of carbonyl (C=O) groups excluding carboxylic acids is 2. The number of amides is 1. The average Bonchev–Trinajstić information content (AvgIpc) is 2.75. The highest BCUT2D eigenvalue weighted by molar-refractivity contribution is 9.10. The molecule has 0 aliphatic heterocycles. The lowest BCUT2D eigenvalue weighted by molar-refractivity contribution is -0.127. The van der Waals surface area contributed by atoms with E-state index < -0.39 is 18.0 Å². The topological polar surface area (TPSA) is 77.0 Å². The molecule has 1 N–H and O–H groups in total. The summed E-state index contributed by atoms with van der Waals surface area (Å²) in [6.07, 6.45) is 0.682. The molecule has 9 heteroatoms. The van der Waals surface area contributed by atoms with Gasteiger partial charge in [-0.3, -0.25) is 4.79 Å². The van der Waals surface area contributed by atoms with Gasteiger partial charge in [0.05, 0.1) is 16.8 Å². The van der Waals surface area contributed by atoms with E-state index in [-0.39, 0.29) is 10.6 Å². The third kappa shape index (κ3) is 6.82. The van der Waals surface area contributed by atoms with Gasteiger partial charge >= 0.3 is 5.97 Å². The maximum absolute atomic E-state index is 12.3. The van der Waals surface area contributed by atoms with Crippen LogP contribution in [0.3, 0.4) is 0 Å². The Bertz CT molecular complexity index is 1150. The molecule has 0 spiro atoms. The molecule has 0 saturated carbocycles. The Morgan fingerprint density at radius 3 is 2.50 bits per heavy atom. The van der Waals surface area contributed by atoms with Gasteiger partial charge in [-0.15, -0.1) is 0 Å². The number of benzene rings is 3. The number of halogens is 3. The Labute approximate surface area is 203 Å². The van der Waals surface area contributed by atoms with Crippen LogP contribution in [0.2, 0.25) is 10.0 Å². The number of hydrogen-bond acceptors (Lipinski definition) is 5. The lowest BCUT2D eigenvalue weighted by Crippen LogP contribution is -2.33. The van der Waals surface area contributed by atoms with Crippen molar-refractivity contribution in [1.82, 2.24) is 5.43 Å². The minimum atomic E-state index is -0.746. The number of esters is 1. The quantitative estimate of drug-likeness (QED) is 0.177. The van der Waals surface area contributed by atoms with E-state index in [9.17, 15) is 9.59 Å². The monoisotopic (exact) mass is 534 g/mol. The van der Waals surface area contributed by atoms with Crippen LogP contribution < -0.4 is 14.9 Å². The van der Waals surface area contributed by atoms with Gasteiger partial charge in [-0.05, 0) is 67.1 Å². The molecule has 0 saturated heterocycles. The molecular weight excluding hydrogens is 519 g/mol. The van der Waals surface area contributed by atoms with Crippen molar-refractivity contribution in [2.45, 2.75) is 13.0 Å². The number of nitrogens with one attached hydrogen (secondary N) is 1. The molecule has 164 valence electrons. The zero-order valence-electron chi connectivity index (χ0n) is 16.7. The average molecular weight is 536 g/mol. The van der Waals surface area contributed by atoms with E-state index in [2.05, 4.69) is 26.5 Å². The molecule has 3 aromatic rings. The predicted octanol–water partition coefficient (Wildman–Crippen LogP) is 5.89. The van der Waals surface area contributed by atoms with E-state index >= 15 is 0 Å². The molecule has 32 heavy (non-hydrogen) atoms. The zero-order valence-corrected chi connectivity index (χ0v) is 19.8. The summed E-state index contributed by atoms with van der Waals surface area (Å²) in [5.41, 5.74) is 3.23. The van der Waals surface area contributed by atoms with Crippen molar-refractivity contribution in [3.05, 3.63) is 92.4 Å². The van der Waals surface area contributed by atoms with Crippen LogP contribution in [0.15, 0.2) is 76.3 Å². The molecule has 1 atom stereocenters. The molecule has 0 heterocycles. The molecule has 6 nitrogen and oxygen atoms in total. The van der Waals surface area contributed by atoms with Crippen molar-refractivity contribution in [3.63, 3.8) is 0 Å². The van der Waals surface area contributed by atoms with Crippen LogP contribution >= 0.6 is 39.1 Å². The molecular formula is C23H17BrCl2N2O4. The fraction of sp³-hybridized carbons (Fsp3) is 0.0870. The van der Waals surface area contributed by atoms with Gasteiger partial charge < -0.3 is 9.47 Å². The second-order valence-electron chi connectivity index (χ2n) is 6.53. The van der Waals surface area contributed by atoms with Gasteiger partial charge in [0.2, 0.25) is 0 Å². The summed E-state index contributed by atoms with van der Waals surface area (Å²) < 4.78 is 11.8. The van der Waals surface area contributed by atoms with Crippen molar-refractivity contribution in [1.29, 1.82) is 0 Å². The number of hydrogen-bond donors (Lipinski definition) is 1. The first-order valence-electron chi connectivity index (χ1n) is 9.34. The first-order chi connectivity index (χ1) is 15.3. The van der Waals surface area contributed by atoms with Crippen molar-refractivity contribution in [3.8, 4) is 11.5 Å². The van der Waals surface area contributed by atoms with Gasteiger partial charge in [0.1, 0.15) is 11.5 Å². The van der Waals surface area contributed by atoms with Gasteiger partial charge in [0.25, 0.3) is 5.91 Å². The number of carbonyl (C=O) groups is 2. The summed E-state index contributed by atoms with van der Waals surface area (Å²) in [5, 5.41) is 4.55. The lowest BCUT2D eigenvalue weighted by atomic mass is 10.2. The molecule has 0 aromatic heterocycles. The third-order valence-electron chi connectivity index (χ3n) is 4.10. The normalized spacial score (nSPS) is 11.8. The Balaban J connectivity index is 1.57. The van der Waals surface area contributed by atoms with E-state index in [1.54, 1.807) is 49.4 Å². The van der Waals surface area contributed by atoms with Gasteiger partial charge in [-0.2, -0.15) is 5.10 Å². The van der Waals surface area contributed by atoms with Gasteiger partial charge in [-0.25, -0.2) is 10.2 Å². The van der Waals surface area contributed by atoms with E-state index in [0.717, 1.165) is 4.47 Å². The number of rotatable bonds is 7. The molecule has 0 unspecified atom stereocenters. The van der Waals surface area contributed by atoms with E-state index in [1.807, 2.05) is 12.1 Å². The molecule has 3 aromatic carbocycles. The highest BCUT2D eigenvalue weighted by Gasteiger charge is 2.15. The second-order valence-corrected chi connectivity index (χ2v) is 8.29. The van der Waals surface area contributed by atoms with Crippen molar-refractivity contribution in [2.75, 3.05) is 0 Å². The fourth-order valence-corrected chi connectivity index (χ4v) is 3.26. The Morgan fingerprint density at radius 1 is 1.03 bits per heavy atom. The summed E-state index contributed by atoms with van der Waals surface area (Å²) in [6.45, 7) is 1.62.